The van der Waals surface area contributed by atoms with E-state index in [-0.39, 0.29) is 6.04 Å². The number of nitrogens with zero attached hydrogens (tertiary/aromatic N) is 3. The molecule has 0 spiro atoms. The van der Waals surface area contributed by atoms with Crippen LogP contribution in [-0.2, 0) is 11.3 Å². The van der Waals surface area contributed by atoms with Crippen molar-refractivity contribution >= 4 is 0 Å². The number of hydrogen-bond donors (Lipinski definition) is 1. The van der Waals surface area contributed by atoms with Crippen molar-refractivity contribution in [2.75, 3.05) is 13.7 Å². The molecule has 1 atom stereocenters. The lowest BCUT2D eigenvalue weighted by Gasteiger charge is -2.07. The van der Waals surface area contributed by atoms with Gasteiger partial charge in [-0.25, -0.2) is 0 Å². The van der Waals surface area contributed by atoms with E-state index in [2.05, 4.69) is 10.2 Å². The first kappa shape index (κ1) is 9.15. The molecule has 1 aromatic heterocycles. The van der Waals surface area contributed by atoms with Gasteiger partial charge in [0.1, 0.15) is 12.2 Å². The third-order valence-electron chi connectivity index (χ3n) is 1.59. The van der Waals surface area contributed by atoms with Crippen LogP contribution in [0, 0.1) is 0 Å². The molecule has 68 valence electrons. The molecule has 5 nitrogen and oxygen atoms in total. The van der Waals surface area contributed by atoms with Crippen molar-refractivity contribution in [2.45, 2.75) is 19.5 Å². The van der Waals surface area contributed by atoms with E-state index >= 15 is 0 Å². The van der Waals surface area contributed by atoms with Gasteiger partial charge in [-0.2, -0.15) is 0 Å². The molecular formula is C7H14N4O. The monoisotopic (exact) mass is 170 g/mol. The van der Waals surface area contributed by atoms with Crippen molar-refractivity contribution in [3.63, 3.8) is 0 Å². The van der Waals surface area contributed by atoms with Gasteiger partial charge >= 0.3 is 0 Å². The summed E-state index contributed by atoms with van der Waals surface area (Å²) in [6.45, 7) is 3.28. The van der Waals surface area contributed by atoms with Crippen LogP contribution in [0.3, 0.4) is 0 Å². The summed E-state index contributed by atoms with van der Waals surface area (Å²) in [4.78, 5) is 0. The molecule has 0 saturated carbocycles. The molecule has 1 rings (SSSR count). The van der Waals surface area contributed by atoms with Crippen molar-refractivity contribution in [3.05, 3.63) is 12.2 Å². The minimum atomic E-state index is -0.0793. The molecule has 0 fully saturated rings. The molecule has 1 aromatic rings. The highest BCUT2D eigenvalue weighted by atomic mass is 16.5. The Morgan fingerprint density at radius 1 is 1.75 bits per heavy atom. The summed E-state index contributed by atoms with van der Waals surface area (Å²) < 4.78 is 6.83. The van der Waals surface area contributed by atoms with Crippen LogP contribution in [0.4, 0.5) is 0 Å². The first-order valence-electron chi connectivity index (χ1n) is 3.88. The Labute approximate surface area is 71.5 Å². The van der Waals surface area contributed by atoms with E-state index in [1.807, 2.05) is 11.5 Å². The lowest BCUT2D eigenvalue weighted by atomic mass is 10.3. The maximum atomic E-state index is 5.67. The Bertz CT molecular complexity index is 233. The zero-order chi connectivity index (χ0) is 8.97. The van der Waals surface area contributed by atoms with Crippen LogP contribution in [0.15, 0.2) is 6.33 Å². The van der Waals surface area contributed by atoms with Crippen LogP contribution >= 0.6 is 0 Å². The molecule has 2 N–H and O–H groups in total. The van der Waals surface area contributed by atoms with E-state index < -0.39 is 0 Å². The topological polar surface area (TPSA) is 66.0 Å². The van der Waals surface area contributed by atoms with Crippen molar-refractivity contribution in [3.8, 4) is 0 Å². The summed E-state index contributed by atoms with van der Waals surface area (Å²) in [7, 11) is 1.66. The van der Waals surface area contributed by atoms with Gasteiger partial charge in [0.2, 0.25) is 0 Å². The average Bonchev–Trinajstić information content (AvgIpc) is 2.48. The number of nitrogens with two attached hydrogens (primary N) is 1. The smallest absolute Gasteiger partial charge is 0.149 e. The maximum absolute atomic E-state index is 5.67. The lowest BCUT2D eigenvalue weighted by molar-refractivity contribution is 0.186. The standard InChI is InChI=1S/C7H14N4O/c1-6(8)7-10-9-5-11(7)3-4-12-2/h5-6H,3-4,8H2,1-2H3. The summed E-state index contributed by atoms with van der Waals surface area (Å²) in [6, 6.07) is -0.0793. The van der Waals surface area contributed by atoms with Gasteiger partial charge in [0.25, 0.3) is 0 Å². The molecule has 1 heterocycles. The molecular weight excluding hydrogens is 156 g/mol. The second kappa shape index (κ2) is 4.18. The zero-order valence-electron chi connectivity index (χ0n) is 7.40. The number of ether oxygens (including phenoxy) is 1. The van der Waals surface area contributed by atoms with Crippen molar-refractivity contribution in [1.29, 1.82) is 0 Å². The fraction of sp³-hybridized carbons (Fsp3) is 0.714. The Kier molecular flexibility index (Phi) is 3.19. The van der Waals surface area contributed by atoms with Crippen molar-refractivity contribution in [1.82, 2.24) is 14.8 Å². The van der Waals surface area contributed by atoms with Gasteiger partial charge in [-0.05, 0) is 6.92 Å². The van der Waals surface area contributed by atoms with Gasteiger partial charge in [0.05, 0.1) is 12.6 Å². The SMILES string of the molecule is COCCn1cnnc1C(C)N. The highest BCUT2D eigenvalue weighted by Gasteiger charge is 2.07. The molecule has 0 bridgehead atoms. The third-order valence-corrected chi connectivity index (χ3v) is 1.59. The van der Waals surface area contributed by atoms with Crippen LogP contribution in [-0.4, -0.2) is 28.5 Å². The molecule has 1 unspecified atom stereocenters. The first-order valence-corrected chi connectivity index (χ1v) is 3.88. The van der Waals surface area contributed by atoms with E-state index in [1.54, 1.807) is 13.4 Å². The summed E-state index contributed by atoms with van der Waals surface area (Å²) >= 11 is 0. The summed E-state index contributed by atoms with van der Waals surface area (Å²) in [6.07, 6.45) is 1.66. The Morgan fingerprint density at radius 3 is 3.08 bits per heavy atom. The summed E-state index contributed by atoms with van der Waals surface area (Å²) in [5.74, 6) is 0.798. The number of hydrogen-bond acceptors (Lipinski definition) is 4. The largest absolute Gasteiger partial charge is 0.383 e. The average molecular weight is 170 g/mol. The zero-order valence-corrected chi connectivity index (χ0v) is 7.40. The minimum Gasteiger partial charge on any atom is -0.383 e. The predicted octanol–water partition coefficient (Wildman–Crippen LogP) is -0.0558. The van der Waals surface area contributed by atoms with E-state index in [0.717, 1.165) is 12.4 Å². The quantitative estimate of drug-likeness (QED) is 0.687. The lowest BCUT2D eigenvalue weighted by Crippen LogP contribution is -2.15. The fourth-order valence-corrected chi connectivity index (χ4v) is 0.978. The van der Waals surface area contributed by atoms with Gasteiger partial charge in [-0.3, -0.25) is 0 Å². The van der Waals surface area contributed by atoms with E-state index in [4.69, 9.17) is 10.5 Å². The highest BCUT2D eigenvalue weighted by Crippen LogP contribution is 2.04. The van der Waals surface area contributed by atoms with Crippen LogP contribution in [0.25, 0.3) is 0 Å². The Balaban J connectivity index is 2.64. The molecule has 0 radical (unpaired) electrons. The van der Waals surface area contributed by atoms with Crippen LogP contribution in [0.2, 0.25) is 0 Å². The molecule has 0 aliphatic carbocycles. The molecule has 0 aliphatic heterocycles. The van der Waals surface area contributed by atoms with E-state index in [1.165, 1.54) is 0 Å². The van der Waals surface area contributed by atoms with Crippen LogP contribution in [0.5, 0.6) is 0 Å². The number of methoxy groups -OCH3 is 1. The van der Waals surface area contributed by atoms with Crippen LogP contribution < -0.4 is 5.73 Å². The van der Waals surface area contributed by atoms with Gasteiger partial charge in [-0.1, -0.05) is 0 Å². The second-order valence-corrected chi connectivity index (χ2v) is 2.66. The normalized spacial score (nSPS) is 13.2. The first-order chi connectivity index (χ1) is 5.75. The Morgan fingerprint density at radius 2 is 2.50 bits per heavy atom. The third kappa shape index (κ3) is 2.02. The molecule has 0 amide bonds. The summed E-state index contributed by atoms with van der Waals surface area (Å²) in [5.41, 5.74) is 5.67. The summed E-state index contributed by atoms with van der Waals surface area (Å²) in [5, 5.41) is 7.67. The molecule has 5 heteroatoms. The van der Waals surface area contributed by atoms with Gasteiger partial charge in [0, 0.05) is 13.7 Å². The highest BCUT2D eigenvalue weighted by molar-refractivity contribution is 4.91. The molecule has 0 saturated heterocycles. The maximum Gasteiger partial charge on any atom is 0.149 e. The van der Waals surface area contributed by atoms with E-state index in [9.17, 15) is 0 Å². The van der Waals surface area contributed by atoms with Crippen molar-refractivity contribution < 1.29 is 4.74 Å². The Hall–Kier alpha value is -0.940. The van der Waals surface area contributed by atoms with Crippen LogP contribution in [0.1, 0.15) is 18.8 Å². The fourth-order valence-electron chi connectivity index (χ4n) is 0.978. The predicted molar refractivity (Wildman–Crippen MR) is 44.5 cm³/mol. The molecule has 12 heavy (non-hydrogen) atoms. The minimum absolute atomic E-state index is 0.0793. The second-order valence-electron chi connectivity index (χ2n) is 2.66. The number of rotatable bonds is 4. The number of aromatic nitrogens is 3. The van der Waals surface area contributed by atoms with E-state index in [0.29, 0.717) is 6.61 Å². The van der Waals surface area contributed by atoms with Crippen molar-refractivity contribution in [2.24, 2.45) is 5.73 Å². The molecule has 0 aliphatic rings. The van der Waals surface area contributed by atoms with Gasteiger partial charge < -0.3 is 15.0 Å². The van der Waals surface area contributed by atoms with Gasteiger partial charge in [-0.15, -0.1) is 10.2 Å². The molecule has 0 aromatic carbocycles. The van der Waals surface area contributed by atoms with Gasteiger partial charge in [0.15, 0.2) is 0 Å².